The number of thiazole rings is 1. The lowest BCUT2D eigenvalue weighted by atomic mass is 9.82. The average molecular weight is 340 g/mol. The number of para-hydroxylation sites is 1. The van der Waals surface area contributed by atoms with Gasteiger partial charge in [0.1, 0.15) is 0 Å². The van der Waals surface area contributed by atoms with Gasteiger partial charge in [-0.25, -0.2) is 4.98 Å². The van der Waals surface area contributed by atoms with Crippen LogP contribution < -0.4 is 0 Å². The number of amides is 1. The maximum Gasteiger partial charge on any atom is 0.226 e. The molecule has 1 saturated heterocycles. The first-order chi connectivity index (χ1) is 11.7. The summed E-state index contributed by atoms with van der Waals surface area (Å²) >= 11 is 1.76. The van der Waals surface area contributed by atoms with Crippen molar-refractivity contribution in [3.05, 3.63) is 41.4 Å². The van der Waals surface area contributed by atoms with E-state index >= 15 is 0 Å². The van der Waals surface area contributed by atoms with Gasteiger partial charge in [-0.3, -0.25) is 4.79 Å². The van der Waals surface area contributed by atoms with Crippen LogP contribution in [0.25, 0.3) is 10.2 Å². The Balaban J connectivity index is 1.61. The third-order valence-corrected chi connectivity index (χ3v) is 6.51. The molecule has 0 spiro atoms. The molecule has 1 aromatic carbocycles. The van der Waals surface area contributed by atoms with Crippen molar-refractivity contribution in [2.24, 2.45) is 11.8 Å². The van der Waals surface area contributed by atoms with E-state index in [0.717, 1.165) is 42.9 Å². The summed E-state index contributed by atoms with van der Waals surface area (Å²) in [7, 11) is 0. The Morgan fingerprint density at radius 3 is 2.92 bits per heavy atom. The number of carbonyl (C=O) groups is 1. The fraction of sp³-hybridized carbons (Fsp3) is 0.500. The quantitative estimate of drug-likeness (QED) is 0.748. The second-order valence-corrected chi connectivity index (χ2v) is 8.27. The highest BCUT2D eigenvalue weighted by molar-refractivity contribution is 7.18. The van der Waals surface area contributed by atoms with E-state index in [0.29, 0.717) is 11.8 Å². The van der Waals surface area contributed by atoms with Crippen molar-refractivity contribution in [1.29, 1.82) is 0 Å². The largest absolute Gasteiger partial charge is 0.342 e. The van der Waals surface area contributed by atoms with E-state index < -0.39 is 0 Å². The van der Waals surface area contributed by atoms with E-state index in [1.165, 1.54) is 11.1 Å². The number of nitrogens with zero attached hydrogens (tertiary/aromatic N) is 2. The van der Waals surface area contributed by atoms with E-state index in [1.54, 1.807) is 11.3 Å². The van der Waals surface area contributed by atoms with Gasteiger partial charge in [-0.05, 0) is 43.7 Å². The highest BCUT2D eigenvalue weighted by Gasteiger charge is 2.35. The van der Waals surface area contributed by atoms with Crippen LogP contribution in [-0.4, -0.2) is 28.9 Å². The van der Waals surface area contributed by atoms with Crippen LogP contribution in [0.1, 0.15) is 43.5 Å². The molecule has 0 radical (unpaired) electrons. The zero-order chi connectivity index (χ0) is 16.5. The lowest BCUT2D eigenvalue weighted by Gasteiger charge is -2.36. The molecular formula is C20H24N2OS. The van der Waals surface area contributed by atoms with Crippen LogP contribution in [-0.2, 0) is 4.79 Å². The first-order valence-electron chi connectivity index (χ1n) is 9.01. The van der Waals surface area contributed by atoms with Crippen LogP contribution in [0.5, 0.6) is 0 Å². The van der Waals surface area contributed by atoms with Gasteiger partial charge < -0.3 is 4.90 Å². The predicted molar refractivity (Wildman–Crippen MR) is 99.2 cm³/mol. The summed E-state index contributed by atoms with van der Waals surface area (Å²) in [5.41, 5.74) is 1.06. The molecule has 24 heavy (non-hydrogen) atoms. The van der Waals surface area contributed by atoms with Gasteiger partial charge in [0.15, 0.2) is 0 Å². The van der Waals surface area contributed by atoms with Gasteiger partial charge in [0, 0.05) is 19.0 Å². The second-order valence-electron chi connectivity index (χ2n) is 7.21. The first kappa shape index (κ1) is 15.8. The zero-order valence-corrected chi connectivity index (χ0v) is 15.0. The van der Waals surface area contributed by atoms with Crippen molar-refractivity contribution in [2.45, 2.75) is 38.5 Å². The molecule has 4 heteroatoms. The lowest BCUT2D eigenvalue weighted by Crippen LogP contribution is -2.44. The van der Waals surface area contributed by atoms with Crippen LogP contribution in [0.15, 0.2) is 36.4 Å². The standard InChI is InChI=1S/C20H24N2OS/c1-14-7-6-12-22(13-14)20(23)16-9-3-2-8-15(16)19-21-17-10-4-5-11-18(17)24-19/h2-5,10-11,14-16H,6-9,12-13H2,1H3. The third-order valence-electron chi connectivity index (χ3n) is 5.35. The number of rotatable bonds is 2. The Hall–Kier alpha value is -1.68. The smallest absolute Gasteiger partial charge is 0.226 e. The summed E-state index contributed by atoms with van der Waals surface area (Å²) in [5.74, 6) is 1.26. The molecule has 1 aromatic heterocycles. The predicted octanol–water partition coefficient (Wildman–Crippen LogP) is 4.60. The topological polar surface area (TPSA) is 33.2 Å². The molecular weight excluding hydrogens is 316 g/mol. The molecule has 1 aliphatic carbocycles. The summed E-state index contributed by atoms with van der Waals surface area (Å²) in [5, 5.41) is 1.13. The molecule has 2 heterocycles. The Morgan fingerprint density at radius 2 is 2.08 bits per heavy atom. The fourth-order valence-corrected chi connectivity index (χ4v) is 5.18. The molecule has 2 aromatic rings. The molecule has 2 aliphatic rings. The molecule has 0 saturated carbocycles. The van der Waals surface area contributed by atoms with Crippen LogP contribution in [0.3, 0.4) is 0 Å². The lowest BCUT2D eigenvalue weighted by molar-refractivity contribution is -0.138. The van der Waals surface area contributed by atoms with Crippen LogP contribution in [0.4, 0.5) is 0 Å². The second kappa shape index (κ2) is 6.67. The van der Waals surface area contributed by atoms with Crippen LogP contribution >= 0.6 is 11.3 Å². The monoisotopic (exact) mass is 340 g/mol. The molecule has 3 nitrogen and oxygen atoms in total. The van der Waals surface area contributed by atoms with E-state index in [9.17, 15) is 4.79 Å². The number of benzene rings is 1. The van der Waals surface area contributed by atoms with E-state index in [-0.39, 0.29) is 11.8 Å². The fourth-order valence-electron chi connectivity index (χ4n) is 4.03. The third kappa shape index (κ3) is 3.00. The minimum absolute atomic E-state index is 0.0564. The molecule has 0 bridgehead atoms. The van der Waals surface area contributed by atoms with E-state index in [4.69, 9.17) is 4.98 Å². The molecule has 126 valence electrons. The van der Waals surface area contributed by atoms with Gasteiger partial charge in [0.25, 0.3) is 0 Å². The number of hydrogen-bond acceptors (Lipinski definition) is 3. The van der Waals surface area contributed by atoms with Crippen LogP contribution in [0.2, 0.25) is 0 Å². The molecule has 4 rings (SSSR count). The SMILES string of the molecule is CC1CCCN(C(=O)C2CC=CCC2c2nc3ccccc3s2)C1. The van der Waals surface area contributed by atoms with Gasteiger partial charge in [0.05, 0.1) is 21.1 Å². The van der Waals surface area contributed by atoms with Crippen LogP contribution in [0, 0.1) is 11.8 Å². The number of fused-ring (bicyclic) bond motifs is 1. The minimum atomic E-state index is 0.0564. The number of piperidine rings is 1. The summed E-state index contributed by atoms with van der Waals surface area (Å²) < 4.78 is 1.22. The van der Waals surface area contributed by atoms with Gasteiger partial charge in [0.2, 0.25) is 5.91 Å². The number of aromatic nitrogens is 1. The average Bonchev–Trinajstić information content (AvgIpc) is 3.05. The van der Waals surface area contributed by atoms with Gasteiger partial charge in [-0.2, -0.15) is 0 Å². The summed E-state index contributed by atoms with van der Waals surface area (Å²) in [6.07, 6.45) is 8.57. The summed E-state index contributed by atoms with van der Waals surface area (Å²) in [4.78, 5) is 20.1. The number of hydrogen-bond donors (Lipinski definition) is 0. The van der Waals surface area contributed by atoms with E-state index in [1.807, 2.05) is 6.07 Å². The summed E-state index contributed by atoms with van der Waals surface area (Å²) in [6.45, 7) is 4.10. The molecule has 0 N–H and O–H groups in total. The summed E-state index contributed by atoms with van der Waals surface area (Å²) in [6, 6.07) is 8.28. The zero-order valence-electron chi connectivity index (χ0n) is 14.1. The van der Waals surface area contributed by atoms with Crippen molar-refractivity contribution in [2.75, 3.05) is 13.1 Å². The Bertz CT molecular complexity index is 733. The Kier molecular flexibility index (Phi) is 4.40. The molecule has 1 fully saturated rings. The Morgan fingerprint density at radius 1 is 1.25 bits per heavy atom. The highest BCUT2D eigenvalue weighted by Crippen LogP contribution is 2.39. The van der Waals surface area contributed by atoms with Crippen molar-refractivity contribution in [1.82, 2.24) is 9.88 Å². The number of carbonyl (C=O) groups excluding carboxylic acids is 1. The first-order valence-corrected chi connectivity index (χ1v) is 9.83. The number of allylic oxidation sites excluding steroid dienone is 2. The van der Waals surface area contributed by atoms with Crippen molar-refractivity contribution in [3.8, 4) is 0 Å². The van der Waals surface area contributed by atoms with Crippen molar-refractivity contribution in [3.63, 3.8) is 0 Å². The normalized spacial score (nSPS) is 27.5. The number of likely N-dealkylation sites (tertiary alicyclic amines) is 1. The molecule has 1 amide bonds. The van der Waals surface area contributed by atoms with E-state index in [2.05, 4.69) is 42.2 Å². The molecule has 3 atom stereocenters. The van der Waals surface area contributed by atoms with Gasteiger partial charge in [-0.15, -0.1) is 11.3 Å². The molecule has 1 aliphatic heterocycles. The van der Waals surface area contributed by atoms with Crippen molar-refractivity contribution < 1.29 is 4.79 Å². The van der Waals surface area contributed by atoms with Gasteiger partial charge in [-0.1, -0.05) is 31.2 Å². The van der Waals surface area contributed by atoms with Crippen molar-refractivity contribution >= 4 is 27.5 Å². The van der Waals surface area contributed by atoms with Gasteiger partial charge >= 0.3 is 0 Å². The highest BCUT2D eigenvalue weighted by atomic mass is 32.1. The maximum atomic E-state index is 13.2. The maximum absolute atomic E-state index is 13.2. The molecule has 3 unspecified atom stereocenters. The Labute approximate surface area is 147 Å². The minimum Gasteiger partial charge on any atom is -0.342 e.